The van der Waals surface area contributed by atoms with Crippen molar-refractivity contribution in [2.75, 3.05) is 34.9 Å². The van der Waals surface area contributed by atoms with Crippen molar-refractivity contribution in [3.63, 3.8) is 0 Å². The molecular formula is C31H47NO6. The number of carbonyl (C=O) groups is 1. The Morgan fingerprint density at radius 1 is 1.13 bits per heavy atom. The minimum absolute atomic E-state index is 0.0119. The third kappa shape index (κ3) is 4.98. The van der Waals surface area contributed by atoms with Gasteiger partial charge in [-0.2, -0.15) is 5.26 Å². The first-order chi connectivity index (χ1) is 18.1. The highest BCUT2D eigenvalue weighted by Crippen LogP contribution is 2.68. The van der Waals surface area contributed by atoms with Gasteiger partial charge >= 0.3 is 0 Å². The van der Waals surface area contributed by atoms with E-state index >= 15 is 0 Å². The van der Waals surface area contributed by atoms with Gasteiger partial charge in [-0.05, 0) is 73.0 Å². The Kier molecular flexibility index (Phi) is 9.09. The number of allylic oxidation sites excluding steroid dienone is 3. The number of hydrogen-bond donors (Lipinski definition) is 0. The Hall–Kier alpha value is -1.72. The number of hydrogen-bond acceptors (Lipinski definition) is 7. The van der Waals surface area contributed by atoms with Crippen molar-refractivity contribution in [3.8, 4) is 6.07 Å². The zero-order valence-corrected chi connectivity index (χ0v) is 24.2. The summed E-state index contributed by atoms with van der Waals surface area (Å²) in [6, 6.07) is 2.19. The lowest BCUT2D eigenvalue weighted by Gasteiger charge is -2.63. The van der Waals surface area contributed by atoms with Crippen molar-refractivity contribution in [1.29, 1.82) is 5.26 Å². The standard InChI is InChI=1S/C31H47NO6/c1-19(8-9-20(2)36-7)23-10-11-24-29-25(14-28(31(23,24)4)38-18-35-6)30(3)15-21(16-32)26(33)12-22(30)13-27(29)37-17-34-5/h15,19,22-25,27-29H,2,8-14,17-18H2,1,3-7H3/t19-,22+,23-,24+,25+,27-,28+,29+,30+,31-/m1/s1. The van der Waals surface area contributed by atoms with Crippen LogP contribution in [0.5, 0.6) is 0 Å². The van der Waals surface area contributed by atoms with Crippen LogP contribution in [0.1, 0.15) is 65.7 Å². The first-order valence-corrected chi connectivity index (χ1v) is 14.2. The first-order valence-electron chi connectivity index (χ1n) is 14.2. The molecule has 0 unspecified atom stereocenters. The van der Waals surface area contributed by atoms with Crippen molar-refractivity contribution in [2.24, 2.45) is 46.3 Å². The summed E-state index contributed by atoms with van der Waals surface area (Å²) in [4.78, 5) is 12.8. The summed E-state index contributed by atoms with van der Waals surface area (Å²) >= 11 is 0. The summed E-state index contributed by atoms with van der Waals surface area (Å²) < 4.78 is 29.1. The van der Waals surface area contributed by atoms with E-state index in [1.54, 1.807) is 21.3 Å². The van der Waals surface area contributed by atoms with Crippen LogP contribution < -0.4 is 0 Å². The van der Waals surface area contributed by atoms with Crippen LogP contribution in [0.4, 0.5) is 0 Å². The topological polar surface area (TPSA) is 87.0 Å². The Labute approximate surface area is 228 Å². The van der Waals surface area contributed by atoms with Gasteiger partial charge in [0.05, 0.1) is 30.6 Å². The molecule has 0 aromatic rings. The summed E-state index contributed by atoms with van der Waals surface area (Å²) in [5.41, 5.74) is 0.0159. The number of nitrogens with zero attached hydrogens (tertiary/aromatic N) is 1. The number of ether oxygens (including phenoxy) is 5. The van der Waals surface area contributed by atoms with Gasteiger partial charge in [-0.3, -0.25) is 4.79 Å². The smallest absolute Gasteiger partial charge is 0.173 e. The summed E-state index contributed by atoms with van der Waals surface area (Å²) in [6.45, 7) is 11.6. The number of ketones is 1. The number of Topliss-reactive ketones (excluding diaryl/α,β-unsaturated/α-hetero) is 1. The van der Waals surface area contributed by atoms with Crippen LogP contribution in [0.25, 0.3) is 0 Å². The van der Waals surface area contributed by atoms with Gasteiger partial charge in [-0.1, -0.05) is 33.4 Å². The highest BCUT2D eigenvalue weighted by atomic mass is 16.7. The van der Waals surface area contributed by atoms with Gasteiger partial charge in [0.1, 0.15) is 19.7 Å². The number of carbonyl (C=O) groups excluding carboxylic acids is 1. The van der Waals surface area contributed by atoms with Gasteiger partial charge in [0, 0.05) is 32.5 Å². The summed E-state index contributed by atoms with van der Waals surface area (Å²) in [7, 11) is 5.03. The zero-order chi connectivity index (χ0) is 27.7. The molecule has 0 N–H and O–H groups in total. The van der Waals surface area contributed by atoms with E-state index in [-0.39, 0.29) is 54.2 Å². The maximum absolute atomic E-state index is 12.8. The lowest BCUT2D eigenvalue weighted by molar-refractivity contribution is -0.233. The normalized spacial score (nSPS) is 40.8. The lowest BCUT2D eigenvalue weighted by Crippen LogP contribution is -2.62. The van der Waals surface area contributed by atoms with Gasteiger partial charge in [-0.15, -0.1) is 0 Å². The van der Waals surface area contributed by atoms with Gasteiger partial charge in [0.25, 0.3) is 0 Å². The largest absolute Gasteiger partial charge is 0.502 e. The highest BCUT2D eigenvalue weighted by Gasteiger charge is 2.66. The molecule has 0 aliphatic heterocycles. The first kappa shape index (κ1) is 29.3. The predicted molar refractivity (Wildman–Crippen MR) is 143 cm³/mol. The highest BCUT2D eigenvalue weighted by molar-refractivity contribution is 6.00. The van der Waals surface area contributed by atoms with Crippen LogP contribution in [0, 0.1) is 57.7 Å². The number of rotatable bonds is 11. The van der Waals surface area contributed by atoms with Crippen LogP contribution in [-0.2, 0) is 28.5 Å². The Bertz CT molecular complexity index is 957. The van der Waals surface area contributed by atoms with Crippen molar-refractivity contribution >= 4 is 5.78 Å². The van der Waals surface area contributed by atoms with E-state index in [0.717, 1.165) is 44.3 Å². The third-order valence-corrected chi connectivity index (χ3v) is 11.1. The van der Waals surface area contributed by atoms with E-state index in [1.807, 2.05) is 6.08 Å². The SMILES string of the molecule is C=C(CC[C@@H](C)[C@H]1CC[C@H]2[C@@H]3[C@H](OCOC)C[C@@H]4CC(=O)C(C#N)=C[C@]4(C)[C@H]3C[C@H](OCOC)[C@]12C)OC. The van der Waals surface area contributed by atoms with Crippen molar-refractivity contribution in [3.05, 3.63) is 24.0 Å². The number of methoxy groups -OCH3 is 3. The van der Waals surface area contributed by atoms with E-state index < -0.39 is 0 Å². The minimum atomic E-state index is -0.257. The molecule has 38 heavy (non-hydrogen) atoms. The molecule has 212 valence electrons. The molecule has 0 radical (unpaired) electrons. The molecule has 0 amide bonds. The third-order valence-electron chi connectivity index (χ3n) is 11.1. The van der Waals surface area contributed by atoms with Crippen LogP contribution >= 0.6 is 0 Å². The monoisotopic (exact) mass is 529 g/mol. The fourth-order valence-corrected chi connectivity index (χ4v) is 9.11. The summed E-state index contributed by atoms with van der Waals surface area (Å²) in [5, 5.41) is 9.76. The van der Waals surface area contributed by atoms with Crippen LogP contribution in [0.3, 0.4) is 0 Å². The van der Waals surface area contributed by atoms with Crippen molar-refractivity contribution < 1.29 is 28.5 Å². The zero-order valence-electron chi connectivity index (χ0n) is 24.2. The maximum atomic E-state index is 12.8. The fourth-order valence-electron chi connectivity index (χ4n) is 9.11. The van der Waals surface area contributed by atoms with Crippen LogP contribution in [0.15, 0.2) is 24.0 Å². The van der Waals surface area contributed by atoms with E-state index in [1.165, 1.54) is 0 Å². The molecule has 0 spiro atoms. The quantitative estimate of drug-likeness (QED) is 0.252. The van der Waals surface area contributed by atoms with Gasteiger partial charge in [-0.25, -0.2) is 0 Å². The molecule has 3 saturated carbocycles. The number of nitriles is 1. The minimum Gasteiger partial charge on any atom is -0.502 e. The van der Waals surface area contributed by atoms with Gasteiger partial charge < -0.3 is 23.7 Å². The van der Waals surface area contributed by atoms with Crippen molar-refractivity contribution in [1.82, 2.24) is 0 Å². The molecular weight excluding hydrogens is 482 g/mol. The van der Waals surface area contributed by atoms with E-state index in [0.29, 0.717) is 35.7 Å². The molecule has 3 fully saturated rings. The molecule has 4 rings (SSSR count). The molecule has 4 aliphatic rings. The predicted octanol–water partition coefficient (Wildman–Crippen LogP) is 5.66. The fraction of sp³-hybridized carbons (Fsp3) is 0.806. The van der Waals surface area contributed by atoms with E-state index in [4.69, 9.17) is 23.7 Å². The molecule has 7 heteroatoms. The average molecular weight is 530 g/mol. The lowest BCUT2D eigenvalue weighted by atomic mass is 9.43. The molecule has 0 aromatic heterocycles. The Balaban J connectivity index is 1.74. The summed E-state index contributed by atoms with van der Waals surface area (Å²) in [5.74, 6) is 2.85. The average Bonchev–Trinajstić information content (AvgIpc) is 3.27. The maximum Gasteiger partial charge on any atom is 0.173 e. The molecule has 0 saturated heterocycles. The van der Waals surface area contributed by atoms with Crippen molar-refractivity contribution in [2.45, 2.75) is 77.9 Å². The second-order valence-corrected chi connectivity index (χ2v) is 12.6. The van der Waals surface area contributed by atoms with Crippen LogP contribution in [0.2, 0.25) is 0 Å². The van der Waals surface area contributed by atoms with Crippen LogP contribution in [-0.4, -0.2) is 52.9 Å². The molecule has 0 aromatic carbocycles. The molecule has 10 atom stereocenters. The van der Waals surface area contributed by atoms with Gasteiger partial charge in [0.15, 0.2) is 5.78 Å². The Morgan fingerprint density at radius 3 is 2.50 bits per heavy atom. The van der Waals surface area contributed by atoms with Gasteiger partial charge in [0.2, 0.25) is 0 Å². The van der Waals surface area contributed by atoms with E-state index in [9.17, 15) is 10.1 Å². The molecule has 7 nitrogen and oxygen atoms in total. The summed E-state index contributed by atoms with van der Waals surface area (Å²) in [6.07, 6.45) is 8.27. The van der Waals surface area contributed by atoms with E-state index in [2.05, 4.69) is 33.4 Å². The second kappa shape index (κ2) is 11.8. The Morgan fingerprint density at radius 2 is 1.84 bits per heavy atom. The second-order valence-electron chi connectivity index (χ2n) is 12.6. The molecule has 0 bridgehead atoms. The molecule has 0 heterocycles. The molecule has 4 aliphatic carbocycles. The number of fused-ring (bicyclic) bond motifs is 5.